The third kappa shape index (κ3) is 7.75. The van der Waals surface area contributed by atoms with Gasteiger partial charge in [0.05, 0.1) is 6.54 Å². The van der Waals surface area contributed by atoms with Crippen LogP contribution in [0.2, 0.25) is 0 Å². The Kier molecular flexibility index (Phi) is 3.61. The lowest BCUT2D eigenvalue weighted by atomic mass is 10.5. The van der Waals surface area contributed by atoms with Crippen molar-refractivity contribution < 1.29 is 13.2 Å². The van der Waals surface area contributed by atoms with Gasteiger partial charge in [0.25, 0.3) is 0 Å². The molecule has 0 aromatic carbocycles. The van der Waals surface area contributed by atoms with Crippen molar-refractivity contribution in [1.29, 1.82) is 0 Å². The molecule has 1 nitrogen and oxygen atoms in total. The van der Waals surface area contributed by atoms with Crippen molar-refractivity contribution in [1.82, 2.24) is 5.32 Å². The van der Waals surface area contributed by atoms with E-state index in [0.29, 0.717) is 6.54 Å². The highest BCUT2D eigenvalue weighted by atomic mass is 19.4. The Labute approximate surface area is 52.2 Å². The summed E-state index contributed by atoms with van der Waals surface area (Å²) in [5.74, 6) is 0. The lowest BCUT2D eigenvalue weighted by Crippen LogP contribution is -2.29. The second-order valence-electron chi connectivity index (χ2n) is 1.79. The molecule has 0 radical (unpaired) electrons. The Morgan fingerprint density at radius 2 is 1.89 bits per heavy atom. The molecule has 4 heteroatoms. The number of nitrogens with one attached hydrogen (secondary N) is 1. The summed E-state index contributed by atoms with van der Waals surface area (Å²) >= 11 is 0. The summed E-state index contributed by atoms with van der Waals surface area (Å²) in [7, 11) is 0. The molecule has 0 aromatic rings. The molecule has 0 atom stereocenters. The van der Waals surface area contributed by atoms with Crippen molar-refractivity contribution in [3.63, 3.8) is 0 Å². The quantitative estimate of drug-likeness (QED) is 0.588. The van der Waals surface area contributed by atoms with Crippen LogP contribution in [0.1, 0.15) is 13.3 Å². The van der Waals surface area contributed by atoms with E-state index in [1.807, 2.05) is 6.92 Å². The molecule has 0 aliphatic carbocycles. The molecule has 0 aromatic heterocycles. The maximum absolute atomic E-state index is 11.3. The average Bonchev–Trinajstić information content (AvgIpc) is 1.63. The van der Waals surface area contributed by atoms with Crippen LogP contribution in [0.5, 0.6) is 0 Å². The zero-order valence-corrected chi connectivity index (χ0v) is 5.26. The summed E-state index contributed by atoms with van der Waals surface area (Å²) in [6.45, 7) is 1.38. The fourth-order valence-electron chi connectivity index (χ4n) is 0.407. The highest BCUT2D eigenvalue weighted by Gasteiger charge is 2.25. The summed E-state index contributed by atoms with van der Waals surface area (Å²) in [5.41, 5.74) is 0. The fourth-order valence-corrected chi connectivity index (χ4v) is 0.407. The van der Waals surface area contributed by atoms with Crippen LogP contribution in [0, 0.1) is 0 Å². The van der Waals surface area contributed by atoms with E-state index in [1.165, 1.54) is 0 Å². The molecule has 0 saturated heterocycles. The smallest absolute Gasteiger partial charge is 0.309 e. The first-order chi connectivity index (χ1) is 4.06. The molecule has 56 valence electrons. The summed E-state index contributed by atoms with van der Waals surface area (Å²) in [5, 5.41) is 2.25. The van der Waals surface area contributed by atoms with E-state index in [4.69, 9.17) is 0 Å². The van der Waals surface area contributed by atoms with Gasteiger partial charge >= 0.3 is 6.18 Å². The van der Waals surface area contributed by atoms with Gasteiger partial charge in [0.15, 0.2) is 0 Å². The molecule has 0 bridgehead atoms. The standard InChI is InChI=1S/C5H10F3N/c1-2-3-9-4-5(6,7)8/h9H,2-4H2,1H3. The van der Waals surface area contributed by atoms with Crippen molar-refractivity contribution in [2.45, 2.75) is 19.5 Å². The largest absolute Gasteiger partial charge is 0.401 e. The van der Waals surface area contributed by atoms with E-state index in [-0.39, 0.29) is 0 Å². The monoisotopic (exact) mass is 141 g/mol. The molecule has 0 rings (SSSR count). The second-order valence-corrected chi connectivity index (χ2v) is 1.79. The average molecular weight is 141 g/mol. The molecule has 0 heterocycles. The van der Waals surface area contributed by atoms with Gasteiger partial charge in [0, 0.05) is 0 Å². The van der Waals surface area contributed by atoms with Crippen LogP contribution in [-0.4, -0.2) is 19.3 Å². The van der Waals surface area contributed by atoms with Gasteiger partial charge in [-0.2, -0.15) is 13.2 Å². The Morgan fingerprint density at radius 3 is 2.22 bits per heavy atom. The van der Waals surface area contributed by atoms with E-state index < -0.39 is 12.7 Å². The SMILES string of the molecule is CCCNCC(F)(F)F. The second kappa shape index (κ2) is 3.71. The van der Waals surface area contributed by atoms with Gasteiger partial charge < -0.3 is 5.32 Å². The Bertz CT molecular complexity index is 69.1. The molecule has 0 aliphatic heterocycles. The summed E-state index contributed by atoms with van der Waals surface area (Å²) < 4.78 is 33.9. The molecule has 0 spiro atoms. The van der Waals surface area contributed by atoms with E-state index in [9.17, 15) is 13.2 Å². The summed E-state index contributed by atoms with van der Waals surface area (Å²) in [6, 6.07) is 0. The van der Waals surface area contributed by atoms with Crippen LogP contribution in [0.3, 0.4) is 0 Å². The van der Waals surface area contributed by atoms with E-state index >= 15 is 0 Å². The molecule has 0 saturated carbocycles. The minimum absolute atomic E-state index is 0.430. The molecule has 0 unspecified atom stereocenters. The molecule has 1 N–H and O–H groups in total. The van der Waals surface area contributed by atoms with Gasteiger partial charge in [0.1, 0.15) is 0 Å². The number of hydrogen-bond donors (Lipinski definition) is 1. The third-order valence-corrected chi connectivity index (χ3v) is 0.752. The number of halogens is 3. The van der Waals surface area contributed by atoms with Gasteiger partial charge in [-0.25, -0.2) is 0 Å². The van der Waals surface area contributed by atoms with Crippen molar-refractivity contribution in [3.8, 4) is 0 Å². The lowest BCUT2D eigenvalue weighted by Gasteiger charge is -2.05. The normalized spacial score (nSPS) is 12.0. The van der Waals surface area contributed by atoms with Crippen LogP contribution < -0.4 is 5.32 Å². The molecule has 0 amide bonds. The van der Waals surface area contributed by atoms with E-state index in [1.54, 1.807) is 0 Å². The summed E-state index contributed by atoms with van der Waals surface area (Å²) in [4.78, 5) is 0. The third-order valence-electron chi connectivity index (χ3n) is 0.752. The molecule has 0 fully saturated rings. The van der Waals surface area contributed by atoms with Crippen molar-refractivity contribution in [2.75, 3.05) is 13.1 Å². The van der Waals surface area contributed by atoms with Crippen molar-refractivity contribution >= 4 is 0 Å². The van der Waals surface area contributed by atoms with Crippen LogP contribution in [0.4, 0.5) is 13.2 Å². The Hall–Kier alpha value is -0.250. The van der Waals surface area contributed by atoms with E-state index in [0.717, 1.165) is 6.42 Å². The van der Waals surface area contributed by atoms with Gasteiger partial charge in [-0.05, 0) is 13.0 Å². The van der Waals surface area contributed by atoms with Crippen LogP contribution in [-0.2, 0) is 0 Å². The van der Waals surface area contributed by atoms with Gasteiger partial charge in [-0.1, -0.05) is 6.92 Å². The molecular formula is C5H10F3N. The number of rotatable bonds is 3. The predicted molar refractivity (Wildman–Crippen MR) is 29.2 cm³/mol. The molecule has 0 aliphatic rings. The van der Waals surface area contributed by atoms with Gasteiger partial charge in [-0.3, -0.25) is 0 Å². The topological polar surface area (TPSA) is 12.0 Å². The molecular weight excluding hydrogens is 131 g/mol. The number of hydrogen-bond acceptors (Lipinski definition) is 1. The highest BCUT2D eigenvalue weighted by molar-refractivity contribution is 4.53. The van der Waals surface area contributed by atoms with Crippen LogP contribution in [0.25, 0.3) is 0 Å². The highest BCUT2D eigenvalue weighted by Crippen LogP contribution is 2.11. The first-order valence-corrected chi connectivity index (χ1v) is 2.83. The van der Waals surface area contributed by atoms with E-state index in [2.05, 4.69) is 5.32 Å². The maximum atomic E-state index is 11.3. The lowest BCUT2D eigenvalue weighted by molar-refractivity contribution is -0.124. The Balaban J connectivity index is 3.07. The van der Waals surface area contributed by atoms with Crippen molar-refractivity contribution in [3.05, 3.63) is 0 Å². The zero-order valence-electron chi connectivity index (χ0n) is 5.26. The van der Waals surface area contributed by atoms with Crippen LogP contribution >= 0.6 is 0 Å². The van der Waals surface area contributed by atoms with Gasteiger partial charge in [0.2, 0.25) is 0 Å². The van der Waals surface area contributed by atoms with Gasteiger partial charge in [-0.15, -0.1) is 0 Å². The fraction of sp³-hybridized carbons (Fsp3) is 1.00. The maximum Gasteiger partial charge on any atom is 0.401 e. The predicted octanol–water partition coefficient (Wildman–Crippen LogP) is 1.55. The summed E-state index contributed by atoms with van der Waals surface area (Å²) in [6.07, 6.45) is -3.33. The first kappa shape index (κ1) is 8.75. The van der Waals surface area contributed by atoms with Crippen molar-refractivity contribution in [2.24, 2.45) is 0 Å². The Morgan fingerprint density at radius 1 is 1.33 bits per heavy atom. The van der Waals surface area contributed by atoms with Crippen LogP contribution in [0.15, 0.2) is 0 Å². The molecule has 9 heavy (non-hydrogen) atoms. The zero-order chi connectivity index (χ0) is 7.33. The first-order valence-electron chi connectivity index (χ1n) is 2.83. The minimum atomic E-state index is -4.06. The minimum Gasteiger partial charge on any atom is -0.309 e. The number of alkyl halides is 3.